The summed E-state index contributed by atoms with van der Waals surface area (Å²) in [6.07, 6.45) is 7.82. The summed E-state index contributed by atoms with van der Waals surface area (Å²) in [5.74, 6) is 0.0891. The number of hydroxylamine groups is 1. The van der Waals surface area contributed by atoms with Crippen LogP contribution in [-0.4, -0.2) is 52.7 Å². The van der Waals surface area contributed by atoms with Crippen molar-refractivity contribution in [2.45, 2.75) is 30.2 Å². The normalized spacial score (nSPS) is 17.3. The first kappa shape index (κ1) is 27.0. The third-order valence-corrected chi connectivity index (χ3v) is 6.40. The minimum atomic E-state index is -4.02. The molecule has 36 heavy (non-hydrogen) atoms. The van der Waals surface area contributed by atoms with Gasteiger partial charge in [0.1, 0.15) is 5.82 Å². The van der Waals surface area contributed by atoms with Crippen molar-refractivity contribution in [2.75, 3.05) is 18.4 Å². The molecule has 1 saturated heterocycles. The van der Waals surface area contributed by atoms with Crippen LogP contribution in [0.5, 0.6) is 0 Å². The van der Waals surface area contributed by atoms with Crippen molar-refractivity contribution in [2.24, 2.45) is 0 Å². The molecule has 2 aromatic carbocycles. The van der Waals surface area contributed by atoms with Gasteiger partial charge in [0, 0.05) is 12.6 Å². The molecule has 4 rings (SSSR count). The smallest absolute Gasteiger partial charge is 0.294 e. The van der Waals surface area contributed by atoms with E-state index in [9.17, 15) is 13.2 Å². The average Bonchev–Trinajstić information content (AvgIpc) is 3.32. The average molecular weight is 512 g/mol. The molecule has 0 radical (unpaired) electrons. The highest BCUT2D eigenvalue weighted by Crippen LogP contribution is 2.25. The molecular formula is C25H29N5O5S. The number of hydrogen-bond donors (Lipinski definition) is 5. The Balaban J connectivity index is 0.000000275. The minimum Gasteiger partial charge on any atom is -0.362 e. The Kier molecular flexibility index (Phi) is 9.25. The molecule has 2 heterocycles. The summed E-state index contributed by atoms with van der Waals surface area (Å²) in [6, 6.07) is 16.4. The van der Waals surface area contributed by atoms with Gasteiger partial charge in [-0.3, -0.25) is 19.5 Å². The summed E-state index contributed by atoms with van der Waals surface area (Å²) >= 11 is 0. The van der Waals surface area contributed by atoms with Gasteiger partial charge in [-0.25, -0.2) is 10.5 Å². The van der Waals surface area contributed by atoms with Crippen molar-refractivity contribution in [1.29, 1.82) is 0 Å². The van der Waals surface area contributed by atoms with Crippen LogP contribution in [0, 0.1) is 6.92 Å². The molecule has 1 fully saturated rings. The van der Waals surface area contributed by atoms with E-state index in [0.717, 1.165) is 31.5 Å². The molecule has 11 heteroatoms. The second-order valence-electron chi connectivity index (χ2n) is 8.42. The highest BCUT2D eigenvalue weighted by Gasteiger charge is 2.34. The number of anilines is 1. The Labute approximate surface area is 210 Å². The fourth-order valence-corrected chi connectivity index (χ4v) is 4.18. The summed E-state index contributed by atoms with van der Waals surface area (Å²) in [5, 5.41) is 15.4. The van der Waals surface area contributed by atoms with Crippen molar-refractivity contribution >= 4 is 27.9 Å². The zero-order chi connectivity index (χ0) is 26.0. The van der Waals surface area contributed by atoms with Crippen molar-refractivity contribution in [3.8, 4) is 0 Å². The Morgan fingerprint density at radius 2 is 1.83 bits per heavy atom. The predicted molar refractivity (Wildman–Crippen MR) is 136 cm³/mol. The third-order valence-electron chi connectivity index (χ3n) is 5.53. The van der Waals surface area contributed by atoms with E-state index in [1.54, 1.807) is 24.5 Å². The van der Waals surface area contributed by atoms with Crippen LogP contribution in [-0.2, 0) is 21.3 Å². The van der Waals surface area contributed by atoms with Gasteiger partial charge in [0.05, 0.1) is 28.5 Å². The summed E-state index contributed by atoms with van der Waals surface area (Å²) in [6.45, 7) is 3.67. The molecule has 1 amide bonds. The molecule has 3 aromatic rings. The number of amides is 1. The van der Waals surface area contributed by atoms with E-state index in [1.807, 2.05) is 13.0 Å². The SMILES string of the molecule is Cc1ccc(S(=O)(=O)O)cc1.O=C(/C=C/c1cnc(N[C@]2(Cc3ccccc3)CCNC2)cn1)NO. The summed E-state index contributed by atoms with van der Waals surface area (Å²) < 4.78 is 29.6. The fraction of sp³-hybridized carbons (Fsp3) is 0.240. The lowest BCUT2D eigenvalue weighted by Crippen LogP contribution is -2.43. The van der Waals surface area contributed by atoms with Gasteiger partial charge in [-0.15, -0.1) is 0 Å². The third kappa shape index (κ3) is 8.24. The zero-order valence-corrected chi connectivity index (χ0v) is 20.6. The van der Waals surface area contributed by atoms with Gasteiger partial charge in [0.25, 0.3) is 16.0 Å². The number of carbonyl (C=O) groups is 1. The van der Waals surface area contributed by atoms with E-state index in [2.05, 4.69) is 44.9 Å². The number of carbonyl (C=O) groups excluding carboxylic acids is 1. The standard InChI is InChI=1S/C18H21N5O2.C7H8O3S/c24-17(23-25)7-6-15-11-21-16(12-20-15)22-18(8-9-19-13-18)10-14-4-2-1-3-5-14;1-6-2-4-7(5-3-6)11(8,9)10/h1-7,11-12,19,25H,8-10,13H2,(H,21,22)(H,23,24);2-5H,1H3,(H,8,9,10)/b7-6+;/t18-;/m0./s1. The van der Waals surface area contributed by atoms with Crippen LogP contribution < -0.4 is 16.1 Å². The van der Waals surface area contributed by atoms with Gasteiger partial charge in [-0.1, -0.05) is 48.0 Å². The van der Waals surface area contributed by atoms with Crippen molar-refractivity contribution < 1.29 is 23.0 Å². The first-order valence-corrected chi connectivity index (χ1v) is 12.6. The lowest BCUT2D eigenvalue weighted by molar-refractivity contribution is -0.124. The van der Waals surface area contributed by atoms with Gasteiger partial charge in [-0.05, 0) is 50.1 Å². The Morgan fingerprint density at radius 3 is 2.39 bits per heavy atom. The first-order chi connectivity index (χ1) is 17.2. The van der Waals surface area contributed by atoms with Gasteiger partial charge in [0.15, 0.2) is 0 Å². The summed E-state index contributed by atoms with van der Waals surface area (Å²) in [5.41, 5.74) is 4.21. The predicted octanol–water partition coefficient (Wildman–Crippen LogP) is 2.62. The maximum atomic E-state index is 11.0. The zero-order valence-electron chi connectivity index (χ0n) is 19.8. The molecule has 0 unspecified atom stereocenters. The van der Waals surface area contributed by atoms with Crippen LogP contribution in [0.2, 0.25) is 0 Å². The van der Waals surface area contributed by atoms with Crippen molar-refractivity contribution in [3.05, 3.63) is 89.9 Å². The molecule has 0 spiro atoms. The largest absolute Gasteiger partial charge is 0.362 e. The lowest BCUT2D eigenvalue weighted by Gasteiger charge is -2.30. The van der Waals surface area contributed by atoms with Gasteiger partial charge in [0.2, 0.25) is 0 Å². The minimum absolute atomic E-state index is 0.0666. The molecule has 10 nitrogen and oxygen atoms in total. The first-order valence-electron chi connectivity index (χ1n) is 11.2. The van der Waals surface area contributed by atoms with Crippen LogP contribution in [0.15, 0.2) is 78.0 Å². The summed E-state index contributed by atoms with van der Waals surface area (Å²) in [7, 11) is -4.02. The number of nitrogens with one attached hydrogen (secondary N) is 3. The number of benzene rings is 2. The van der Waals surface area contributed by atoms with E-state index in [-0.39, 0.29) is 10.4 Å². The maximum absolute atomic E-state index is 11.0. The monoisotopic (exact) mass is 511 g/mol. The number of hydrogen-bond acceptors (Lipinski definition) is 8. The van der Waals surface area contributed by atoms with Crippen LogP contribution in [0.4, 0.5) is 5.82 Å². The molecule has 1 aliphatic rings. The number of aromatic nitrogens is 2. The number of aryl methyl sites for hydroxylation is 1. The van der Waals surface area contributed by atoms with E-state index >= 15 is 0 Å². The highest BCUT2D eigenvalue weighted by atomic mass is 32.2. The Hall–Kier alpha value is -3.64. The quantitative estimate of drug-likeness (QED) is 0.139. The number of nitrogens with zero attached hydrogens (tertiary/aromatic N) is 2. The summed E-state index contributed by atoms with van der Waals surface area (Å²) in [4.78, 5) is 19.6. The molecule has 1 aliphatic heterocycles. The fourth-order valence-electron chi connectivity index (χ4n) is 3.70. The van der Waals surface area contributed by atoms with Gasteiger partial charge in [-0.2, -0.15) is 8.42 Å². The van der Waals surface area contributed by atoms with Crippen molar-refractivity contribution in [1.82, 2.24) is 20.8 Å². The maximum Gasteiger partial charge on any atom is 0.294 e. The Morgan fingerprint density at radius 1 is 1.11 bits per heavy atom. The highest BCUT2D eigenvalue weighted by molar-refractivity contribution is 7.85. The van der Waals surface area contributed by atoms with E-state index in [1.165, 1.54) is 35.3 Å². The molecule has 190 valence electrons. The molecular weight excluding hydrogens is 482 g/mol. The molecule has 5 N–H and O–H groups in total. The van der Waals surface area contributed by atoms with Crippen molar-refractivity contribution in [3.63, 3.8) is 0 Å². The van der Waals surface area contributed by atoms with E-state index in [0.29, 0.717) is 11.5 Å². The topological polar surface area (TPSA) is 154 Å². The molecule has 1 aromatic heterocycles. The van der Waals surface area contributed by atoms with Crippen LogP contribution in [0.3, 0.4) is 0 Å². The van der Waals surface area contributed by atoms with E-state index in [4.69, 9.17) is 9.76 Å². The van der Waals surface area contributed by atoms with E-state index < -0.39 is 16.0 Å². The van der Waals surface area contributed by atoms with Gasteiger partial charge >= 0.3 is 0 Å². The van der Waals surface area contributed by atoms with Crippen LogP contribution in [0.25, 0.3) is 6.08 Å². The molecule has 1 atom stereocenters. The molecule has 0 bridgehead atoms. The van der Waals surface area contributed by atoms with Gasteiger partial charge < -0.3 is 10.6 Å². The molecule has 0 aliphatic carbocycles. The second-order valence-corrected chi connectivity index (χ2v) is 9.84. The lowest BCUT2D eigenvalue weighted by atomic mass is 9.90. The second kappa shape index (κ2) is 12.4. The van der Waals surface area contributed by atoms with Crippen LogP contribution >= 0.6 is 0 Å². The molecule has 0 saturated carbocycles. The van der Waals surface area contributed by atoms with Crippen LogP contribution in [0.1, 0.15) is 23.2 Å². The number of rotatable bonds is 7. The Bertz CT molecular complexity index is 1260.